The van der Waals surface area contributed by atoms with Crippen molar-refractivity contribution < 1.29 is 9.59 Å². The molecule has 1 aromatic heterocycles. The molecule has 0 radical (unpaired) electrons. The Morgan fingerprint density at radius 1 is 1.04 bits per heavy atom. The summed E-state index contributed by atoms with van der Waals surface area (Å²) in [4.78, 5) is 31.2. The SMILES string of the molecule is CC(=O)N1C[C@H]2[C@@H](C1)c1ccccc1[C@@H]2NC(=O)c1cnc2ccccc2c1. The summed E-state index contributed by atoms with van der Waals surface area (Å²) in [5.74, 6) is 0.453. The molecule has 2 aromatic carbocycles. The first-order valence-corrected chi connectivity index (χ1v) is 9.62. The van der Waals surface area contributed by atoms with Gasteiger partial charge in [0.1, 0.15) is 0 Å². The summed E-state index contributed by atoms with van der Waals surface area (Å²) in [5, 5.41) is 4.18. The number of nitrogens with zero attached hydrogens (tertiary/aromatic N) is 2. The number of fused-ring (bicyclic) bond motifs is 4. The monoisotopic (exact) mass is 371 g/mol. The van der Waals surface area contributed by atoms with Crippen molar-refractivity contribution in [2.24, 2.45) is 5.92 Å². The van der Waals surface area contributed by atoms with Gasteiger partial charge in [-0.15, -0.1) is 0 Å². The fourth-order valence-corrected chi connectivity index (χ4v) is 4.72. The standard InChI is InChI=1S/C23H21N3O2/c1-14(27)26-12-19-17-7-3-4-8-18(17)22(20(19)13-26)25-23(28)16-10-15-6-2-5-9-21(15)24-11-16/h2-11,19-20,22H,12-13H2,1H3,(H,25,28)/t19-,20-,22-/m0/s1. The molecular weight excluding hydrogens is 350 g/mol. The van der Waals surface area contributed by atoms with E-state index in [-0.39, 0.29) is 29.7 Å². The highest BCUT2D eigenvalue weighted by Crippen LogP contribution is 2.49. The predicted octanol–water partition coefficient (Wildman–Crippen LogP) is 3.28. The van der Waals surface area contributed by atoms with Crippen LogP contribution in [0, 0.1) is 5.92 Å². The van der Waals surface area contributed by atoms with Gasteiger partial charge in [0.05, 0.1) is 17.1 Å². The van der Waals surface area contributed by atoms with Gasteiger partial charge in [-0.05, 0) is 23.3 Å². The highest BCUT2D eigenvalue weighted by atomic mass is 16.2. The number of rotatable bonds is 2. The lowest BCUT2D eigenvalue weighted by Gasteiger charge is -2.22. The molecule has 2 heterocycles. The fourth-order valence-electron chi connectivity index (χ4n) is 4.72. The van der Waals surface area contributed by atoms with Crippen LogP contribution < -0.4 is 5.32 Å². The fraction of sp³-hybridized carbons (Fsp3) is 0.261. The molecule has 3 atom stereocenters. The molecule has 2 aliphatic rings. The Labute approximate surface area is 163 Å². The minimum absolute atomic E-state index is 0.0930. The highest BCUT2D eigenvalue weighted by Gasteiger charge is 2.47. The first-order chi connectivity index (χ1) is 13.6. The average molecular weight is 371 g/mol. The zero-order valence-corrected chi connectivity index (χ0v) is 15.6. The van der Waals surface area contributed by atoms with Crippen LogP contribution in [-0.4, -0.2) is 34.8 Å². The van der Waals surface area contributed by atoms with Gasteiger partial charge < -0.3 is 10.2 Å². The Kier molecular flexibility index (Phi) is 3.90. The third-order valence-electron chi connectivity index (χ3n) is 6.11. The molecule has 2 amide bonds. The summed E-state index contributed by atoms with van der Waals surface area (Å²) in [5.41, 5.74) is 3.85. The average Bonchev–Trinajstić information content (AvgIpc) is 3.27. The number of carbonyl (C=O) groups excluding carboxylic acids is 2. The summed E-state index contributed by atoms with van der Waals surface area (Å²) in [6, 6.07) is 17.8. The van der Waals surface area contributed by atoms with E-state index in [0.29, 0.717) is 12.1 Å². The van der Waals surface area contributed by atoms with Crippen molar-refractivity contribution in [3.63, 3.8) is 0 Å². The summed E-state index contributed by atoms with van der Waals surface area (Å²) >= 11 is 0. The molecule has 5 nitrogen and oxygen atoms in total. The molecule has 5 heteroatoms. The Bertz CT molecular complexity index is 1090. The topological polar surface area (TPSA) is 62.3 Å². The van der Waals surface area contributed by atoms with Gasteiger partial charge in [0.2, 0.25) is 5.91 Å². The molecule has 0 spiro atoms. The molecule has 1 fully saturated rings. The minimum Gasteiger partial charge on any atom is -0.345 e. The number of likely N-dealkylation sites (tertiary alicyclic amines) is 1. The van der Waals surface area contributed by atoms with Crippen LogP contribution in [-0.2, 0) is 4.79 Å². The molecule has 1 saturated heterocycles. The van der Waals surface area contributed by atoms with Gasteiger partial charge in [-0.2, -0.15) is 0 Å². The number of hydrogen-bond donors (Lipinski definition) is 1. The van der Waals surface area contributed by atoms with Crippen LogP contribution in [0.2, 0.25) is 0 Å². The lowest BCUT2D eigenvalue weighted by Crippen LogP contribution is -2.34. The van der Waals surface area contributed by atoms with Gasteiger partial charge in [0.15, 0.2) is 0 Å². The highest BCUT2D eigenvalue weighted by molar-refractivity contribution is 5.97. The van der Waals surface area contributed by atoms with E-state index in [4.69, 9.17) is 0 Å². The molecule has 0 unspecified atom stereocenters. The maximum Gasteiger partial charge on any atom is 0.253 e. The third-order valence-corrected chi connectivity index (χ3v) is 6.11. The quantitative estimate of drug-likeness (QED) is 0.752. The van der Waals surface area contributed by atoms with E-state index >= 15 is 0 Å². The van der Waals surface area contributed by atoms with E-state index in [2.05, 4.69) is 22.4 Å². The number of para-hydroxylation sites is 1. The van der Waals surface area contributed by atoms with Gasteiger partial charge >= 0.3 is 0 Å². The molecule has 0 saturated carbocycles. The molecule has 3 aromatic rings. The van der Waals surface area contributed by atoms with Gasteiger partial charge in [-0.25, -0.2) is 0 Å². The normalized spacial score (nSPS) is 22.8. The molecule has 140 valence electrons. The van der Waals surface area contributed by atoms with E-state index in [1.54, 1.807) is 13.1 Å². The lowest BCUT2D eigenvalue weighted by atomic mass is 9.94. The van der Waals surface area contributed by atoms with E-state index in [9.17, 15) is 9.59 Å². The smallest absolute Gasteiger partial charge is 0.253 e. The van der Waals surface area contributed by atoms with Crippen molar-refractivity contribution in [3.05, 3.63) is 77.5 Å². The zero-order valence-electron chi connectivity index (χ0n) is 15.6. The Balaban J connectivity index is 1.46. The first kappa shape index (κ1) is 16.9. The second-order valence-corrected chi connectivity index (χ2v) is 7.69. The number of nitrogens with one attached hydrogen (secondary N) is 1. The molecule has 1 aliphatic carbocycles. The number of pyridine rings is 1. The second kappa shape index (κ2) is 6.44. The number of aromatic nitrogens is 1. The van der Waals surface area contributed by atoms with Crippen LogP contribution in [0.4, 0.5) is 0 Å². The number of amides is 2. The molecule has 0 bridgehead atoms. The summed E-state index contributed by atoms with van der Waals surface area (Å²) in [6.07, 6.45) is 1.63. The van der Waals surface area contributed by atoms with Crippen LogP contribution in [0.1, 0.15) is 40.4 Å². The van der Waals surface area contributed by atoms with Crippen molar-refractivity contribution in [3.8, 4) is 0 Å². The molecule has 1 aliphatic heterocycles. The van der Waals surface area contributed by atoms with E-state index in [0.717, 1.165) is 17.4 Å². The van der Waals surface area contributed by atoms with Crippen molar-refractivity contribution in [2.45, 2.75) is 18.9 Å². The summed E-state index contributed by atoms with van der Waals surface area (Å²) < 4.78 is 0. The Hall–Kier alpha value is -3.21. The third kappa shape index (κ3) is 2.66. The number of hydrogen-bond acceptors (Lipinski definition) is 3. The van der Waals surface area contributed by atoms with E-state index < -0.39 is 0 Å². The van der Waals surface area contributed by atoms with Crippen molar-refractivity contribution in [2.75, 3.05) is 13.1 Å². The van der Waals surface area contributed by atoms with Crippen molar-refractivity contribution >= 4 is 22.7 Å². The summed E-state index contributed by atoms with van der Waals surface area (Å²) in [6.45, 7) is 3.01. The van der Waals surface area contributed by atoms with Crippen LogP contribution in [0.5, 0.6) is 0 Å². The zero-order chi connectivity index (χ0) is 19.3. The number of benzene rings is 2. The van der Waals surface area contributed by atoms with Crippen LogP contribution in [0.3, 0.4) is 0 Å². The van der Waals surface area contributed by atoms with Gasteiger partial charge in [0, 0.05) is 43.4 Å². The summed E-state index contributed by atoms with van der Waals surface area (Å²) in [7, 11) is 0. The maximum absolute atomic E-state index is 13.0. The van der Waals surface area contributed by atoms with Gasteiger partial charge in [-0.3, -0.25) is 14.6 Å². The second-order valence-electron chi connectivity index (χ2n) is 7.69. The Morgan fingerprint density at radius 2 is 1.79 bits per heavy atom. The van der Waals surface area contributed by atoms with E-state index in [1.165, 1.54) is 11.1 Å². The lowest BCUT2D eigenvalue weighted by molar-refractivity contribution is -0.128. The van der Waals surface area contributed by atoms with Crippen LogP contribution >= 0.6 is 0 Å². The van der Waals surface area contributed by atoms with Gasteiger partial charge in [-0.1, -0.05) is 42.5 Å². The first-order valence-electron chi connectivity index (χ1n) is 9.62. The van der Waals surface area contributed by atoms with Crippen molar-refractivity contribution in [1.82, 2.24) is 15.2 Å². The van der Waals surface area contributed by atoms with Crippen LogP contribution in [0.15, 0.2) is 60.8 Å². The van der Waals surface area contributed by atoms with Gasteiger partial charge in [0.25, 0.3) is 5.91 Å². The van der Waals surface area contributed by atoms with E-state index in [1.807, 2.05) is 47.4 Å². The minimum atomic E-state index is -0.125. The molecular formula is C23H21N3O2. The Morgan fingerprint density at radius 3 is 2.61 bits per heavy atom. The number of carbonyl (C=O) groups is 2. The molecule has 1 N–H and O–H groups in total. The predicted molar refractivity (Wildman–Crippen MR) is 107 cm³/mol. The molecule has 5 rings (SSSR count). The van der Waals surface area contributed by atoms with Crippen molar-refractivity contribution in [1.29, 1.82) is 0 Å². The van der Waals surface area contributed by atoms with Crippen LogP contribution in [0.25, 0.3) is 10.9 Å². The largest absolute Gasteiger partial charge is 0.345 e. The molecule has 28 heavy (non-hydrogen) atoms. The maximum atomic E-state index is 13.0.